The number of carbonyl (C=O) groups is 1. The maximum Gasteiger partial charge on any atom is 0.472 e. The number of nitrogens with one attached hydrogen (secondary N) is 1. The number of aliphatic hydroxyl groups excluding tert-OH is 1. The van der Waals surface area contributed by atoms with Crippen LogP contribution in [0.15, 0.2) is 36.5 Å². The van der Waals surface area contributed by atoms with E-state index >= 15 is 0 Å². The molecule has 3 atom stereocenters. The zero-order chi connectivity index (χ0) is 57.7. The summed E-state index contributed by atoms with van der Waals surface area (Å²) in [5.74, 6) is -0.137. The fourth-order valence-electron chi connectivity index (χ4n) is 10.7. The number of carbonyl (C=O) groups excluding carboxylic acids is 1. The number of quaternary nitrogens is 1. The molecule has 468 valence electrons. The Hall–Kier alpha value is -1.28. The number of phosphoric acid groups is 1. The van der Waals surface area contributed by atoms with Crippen LogP contribution in [0.25, 0.3) is 0 Å². The number of hydrogen-bond acceptors (Lipinski definition) is 5. The molecule has 3 unspecified atom stereocenters. The predicted molar refractivity (Wildman–Crippen MR) is 346 cm³/mol. The van der Waals surface area contributed by atoms with Crippen molar-refractivity contribution >= 4 is 13.7 Å². The topological polar surface area (TPSA) is 105 Å². The SMILES string of the molecule is CCCCCCC/C=C\C/C=C\C/C=C\CCCCCCCCCCCCCCCCCCCCCCC(=O)NC(COP(=O)(O)OCC[N+](C)(C)C)C(O)CCCCCCCCCCCCCCCCCCCCCCCC. The molecule has 0 saturated carbocycles. The molecule has 0 heterocycles. The van der Waals surface area contributed by atoms with Gasteiger partial charge in [-0.15, -0.1) is 0 Å². The average molecular weight is 1130 g/mol. The normalized spacial score (nSPS) is 13.9. The third-order valence-electron chi connectivity index (χ3n) is 16.1. The van der Waals surface area contributed by atoms with Gasteiger partial charge >= 0.3 is 7.82 Å². The van der Waals surface area contributed by atoms with Crippen LogP contribution in [0.2, 0.25) is 0 Å². The molecule has 0 aromatic heterocycles. The van der Waals surface area contributed by atoms with E-state index in [0.717, 1.165) is 51.4 Å². The summed E-state index contributed by atoms with van der Waals surface area (Å²) in [6, 6.07) is -0.760. The van der Waals surface area contributed by atoms with Crippen LogP contribution in [-0.2, 0) is 18.4 Å². The number of likely N-dealkylation sites (N-methyl/N-ethyl adjacent to an activating group) is 1. The first-order chi connectivity index (χ1) is 38.5. The summed E-state index contributed by atoms with van der Waals surface area (Å²) in [6.45, 7) is 4.93. The monoisotopic (exact) mass is 1130 g/mol. The number of rotatable bonds is 65. The quantitative estimate of drug-likeness (QED) is 0.0243. The Balaban J connectivity index is 3.98. The summed E-state index contributed by atoms with van der Waals surface area (Å²) in [4.78, 5) is 23.4. The minimum atomic E-state index is -4.33. The molecule has 0 fully saturated rings. The lowest BCUT2D eigenvalue weighted by Gasteiger charge is -2.26. The molecule has 9 heteroatoms. The van der Waals surface area contributed by atoms with Gasteiger partial charge in [-0.3, -0.25) is 13.8 Å². The van der Waals surface area contributed by atoms with Gasteiger partial charge in [0, 0.05) is 6.42 Å². The van der Waals surface area contributed by atoms with Crippen molar-refractivity contribution in [2.45, 2.75) is 366 Å². The fourth-order valence-corrected chi connectivity index (χ4v) is 11.4. The molecule has 0 spiro atoms. The van der Waals surface area contributed by atoms with Crippen LogP contribution in [0.4, 0.5) is 0 Å². The predicted octanol–water partition coefficient (Wildman–Crippen LogP) is 22.1. The van der Waals surface area contributed by atoms with Crippen LogP contribution in [0.5, 0.6) is 0 Å². The highest BCUT2D eigenvalue weighted by Gasteiger charge is 2.28. The maximum absolute atomic E-state index is 13.1. The summed E-state index contributed by atoms with van der Waals surface area (Å²) in [5.41, 5.74) is 0. The first-order valence-corrected chi connectivity index (χ1v) is 36.3. The highest BCUT2D eigenvalue weighted by atomic mass is 31.2. The van der Waals surface area contributed by atoms with E-state index in [-0.39, 0.29) is 19.1 Å². The second-order valence-corrected chi connectivity index (χ2v) is 26.7. The second-order valence-electron chi connectivity index (χ2n) is 25.3. The molecule has 0 saturated heterocycles. The van der Waals surface area contributed by atoms with Gasteiger partial charge in [0.05, 0.1) is 39.9 Å². The molecule has 0 aromatic rings. The summed E-state index contributed by atoms with van der Waals surface area (Å²) in [5, 5.41) is 14.1. The number of hydrogen-bond donors (Lipinski definition) is 3. The summed E-state index contributed by atoms with van der Waals surface area (Å²) in [7, 11) is 1.63. The maximum atomic E-state index is 13.1. The van der Waals surface area contributed by atoms with Crippen molar-refractivity contribution in [2.24, 2.45) is 0 Å². The molecule has 0 bridgehead atoms. The zero-order valence-corrected chi connectivity index (χ0v) is 54.5. The number of aliphatic hydroxyl groups is 1. The largest absolute Gasteiger partial charge is 0.472 e. The highest BCUT2D eigenvalue weighted by Crippen LogP contribution is 2.43. The van der Waals surface area contributed by atoms with Gasteiger partial charge < -0.3 is 19.8 Å². The standard InChI is InChI=1S/C70H137N2O6P/c1-6-8-10-12-14-16-18-20-22-24-26-28-30-31-32-33-34-35-36-37-38-39-40-41-42-44-46-48-50-52-54-56-58-60-62-64-70(74)71-68(67-78-79(75,76)77-66-65-72(3,4)5)69(73)63-61-59-57-55-53-51-49-47-45-43-29-27-25-23-21-19-17-15-13-11-9-7-2/h18,20,24,26,30-31,68-69,73H,6-17,19,21-23,25,27-29,32-67H2,1-5H3,(H-,71,74,75,76)/p+1/b20-18-,26-24-,31-30-. The third kappa shape index (κ3) is 64.1. The van der Waals surface area contributed by atoms with E-state index in [1.165, 1.54) is 276 Å². The van der Waals surface area contributed by atoms with E-state index < -0.39 is 20.0 Å². The van der Waals surface area contributed by atoms with Gasteiger partial charge in [0.2, 0.25) is 5.91 Å². The Kier molecular flexibility index (Phi) is 60.3. The first-order valence-electron chi connectivity index (χ1n) is 34.9. The van der Waals surface area contributed by atoms with Crippen LogP contribution in [-0.4, -0.2) is 73.4 Å². The van der Waals surface area contributed by atoms with Crippen LogP contribution in [0, 0.1) is 0 Å². The fraction of sp³-hybridized carbons (Fsp3) is 0.900. The zero-order valence-electron chi connectivity index (χ0n) is 53.6. The van der Waals surface area contributed by atoms with Gasteiger partial charge in [-0.1, -0.05) is 333 Å². The Morgan fingerprint density at radius 1 is 0.430 bits per heavy atom. The van der Waals surface area contributed by atoms with E-state index in [1.807, 2.05) is 21.1 Å². The van der Waals surface area contributed by atoms with Gasteiger partial charge in [0.1, 0.15) is 13.2 Å². The van der Waals surface area contributed by atoms with Crippen molar-refractivity contribution in [3.63, 3.8) is 0 Å². The lowest BCUT2D eigenvalue weighted by molar-refractivity contribution is -0.870. The lowest BCUT2D eigenvalue weighted by Crippen LogP contribution is -2.46. The van der Waals surface area contributed by atoms with Crippen LogP contribution in [0.3, 0.4) is 0 Å². The molecule has 0 rings (SSSR count). The number of nitrogens with zero attached hydrogens (tertiary/aromatic N) is 1. The first kappa shape index (κ1) is 77.7. The number of amides is 1. The molecular formula is C70H138N2O6P+. The minimum Gasteiger partial charge on any atom is -0.391 e. The third-order valence-corrected chi connectivity index (χ3v) is 17.1. The van der Waals surface area contributed by atoms with Crippen molar-refractivity contribution in [3.05, 3.63) is 36.5 Å². The van der Waals surface area contributed by atoms with Gasteiger partial charge in [-0.2, -0.15) is 0 Å². The molecule has 0 aliphatic rings. The summed E-state index contributed by atoms with van der Waals surface area (Å²) < 4.78 is 23.9. The highest BCUT2D eigenvalue weighted by molar-refractivity contribution is 7.47. The molecule has 1 amide bonds. The van der Waals surface area contributed by atoms with Crippen LogP contribution >= 0.6 is 7.82 Å². The van der Waals surface area contributed by atoms with E-state index in [1.54, 1.807) is 0 Å². The summed E-state index contributed by atoms with van der Waals surface area (Å²) >= 11 is 0. The smallest absolute Gasteiger partial charge is 0.391 e. The van der Waals surface area contributed by atoms with E-state index in [0.29, 0.717) is 23.9 Å². The van der Waals surface area contributed by atoms with Crippen molar-refractivity contribution in [1.82, 2.24) is 5.32 Å². The molecule has 0 aliphatic heterocycles. The van der Waals surface area contributed by atoms with Gasteiger partial charge in [0.15, 0.2) is 0 Å². The Labute approximate surface area is 493 Å². The van der Waals surface area contributed by atoms with Crippen molar-refractivity contribution in [2.75, 3.05) is 40.9 Å². The molecule has 3 N–H and O–H groups in total. The number of unbranched alkanes of at least 4 members (excludes halogenated alkanes) is 46. The Morgan fingerprint density at radius 3 is 1.05 bits per heavy atom. The average Bonchev–Trinajstić information content (AvgIpc) is 3.42. The van der Waals surface area contributed by atoms with E-state index in [9.17, 15) is 19.4 Å². The van der Waals surface area contributed by atoms with Crippen LogP contribution < -0.4 is 5.32 Å². The number of phosphoric ester groups is 1. The second kappa shape index (κ2) is 61.3. The van der Waals surface area contributed by atoms with Crippen molar-refractivity contribution in [1.29, 1.82) is 0 Å². The molecule has 0 aliphatic carbocycles. The van der Waals surface area contributed by atoms with Gasteiger partial charge in [0.25, 0.3) is 0 Å². The molecule has 0 radical (unpaired) electrons. The lowest BCUT2D eigenvalue weighted by atomic mass is 10.0. The van der Waals surface area contributed by atoms with Crippen LogP contribution in [0.1, 0.15) is 354 Å². The molecule has 0 aromatic carbocycles. The minimum absolute atomic E-state index is 0.0769. The van der Waals surface area contributed by atoms with Crippen molar-refractivity contribution in [3.8, 4) is 0 Å². The molecule has 8 nitrogen and oxygen atoms in total. The molecular weight excluding hydrogens is 996 g/mol. The summed E-state index contributed by atoms with van der Waals surface area (Å²) in [6.07, 6.45) is 81.0. The molecule has 79 heavy (non-hydrogen) atoms. The van der Waals surface area contributed by atoms with E-state index in [2.05, 4.69) is 55.6 Å². The van der Waals surface area contributed by atoms with Crippen molar-refractivity contribution < 1.29 is 32.9 Å². The Morgan fingerprint density at radius 2 is 0.722 bits per heavy atom. The van der Waals surface area contributed by atoms with E-state index in [4.69, 9.17) is 9.05 Å². The van der Waals surface area contributed by atoms with Gasteiger partial charge in [-0.05, 0) is 51.4 Å². The number of allylic oxidation sites excluding steroid dienone is 6. The van der Waals surface area contributed by atoms with Gasteiger partial charge in [-0.25, -0.2) is 4.57 Å². The Bertz CT molecular complexity index is 1380.